The van der Waals surface area contributed by atoms with Gasteiger partial charge in [-0.15, -0.1) is 0 Å². The molecule has 0 saturated carbocycles. The van der Waals surface area contributed by atoms with Crippen LogP contribution in [0.4, 0.5) is 11.4 Å². The number of anilines is 1. The van der Waals surface area contributed by atoms with E-state index in [0.717, 1.165) is 12.1 Å². The minimum absolute atomic E-state index is 0.0362. The maximum absolute atomic E-state index is 12.7. The number of unbranched alkanes of at least 4 members (excludes halogenated alkanes) is 2. The highest BCUT2D eigenvalue weighted by molar-refractivity contribution is 7.87. The largest absolute Gasteiger partial charge is 0.744 e. The van der Waals surface area contributed by atoms with E-state index in [4.69, 9.17) is 9.47 Å². The van der Waals surface area contributed by atoms with Gasteiger partial charge in [0.1, 0.15) is 21.6 Å². The van der Waals surface area contributed by atoms with E-state index in [1.807, 2.05) is 4.90 Å². The summed E-state index contributed by atoms with van der Waals surface area (Å²) in [5.74, 6) is -2.46. The van der Waals surface area contributed by atoms with Gasteiger partial charge < -0.3 is 24.0 Å². The van der Waals surface area contributed by atoms with Crippen molar-refractivity contribution < 1.29 is 102 Å². The number of nitrogens with zero attached hydrogens (tertiary/aromatic N) is 2. The van der Waals surface area contributed by atoms with Crippen LogP contribution < -0.4 is 4.90 Å². The predicted octanol–water partition coefficient (Wildman–Crippen LogP) is 5.97. The van der Waals surface area contributed by atoms with Crippen LogP contribution in [0.1, 0.15) is 76.3 Å². The van der Waals surface area contributed by atoms with Gasteiger partial charge in [-0.25, -0.2) is 8.42 Å². The van der Waals surface area contributed by atoms with Gasteiger partial charge in [-0.2, -0.15) is 46.7 Å². The first-order valence-electron chi connectivity index (χ1n) is 24.5. The molecule has 80 heavy (non-hydrogen) atoms. The molecule has 2 aliphatic heterocycles. The third-order valence-electron chi connectivity index (χ3n) is 13.9. The number of carboxylic acids is 1. The Hall–Kier alpha value is -5.32. The van der Waals surface area contributed by atoms with E-state index >= 15 is 0 Å². The van der Waals surface area contributed by atoms with Crippen molar-refractivity contribution in [1.29, 1.82) is 0 Å². The van der Waals surface area contributed by atoms with Gasteiger partial charge in [0.15, 0.2) is 5.71 Å². The van der Waals surface area contributed by atoms with Crippen LogP contribution in [0.25, 0.3) is 21.5 Å². The first-order chi connectivity index (χ1) is 37.0. The summed E-state index contributed by atoms with van der Waals surface area (Å²) in [6.07, 6.45) is 12.0. The summed E-state index contributed by atoms with van der Waals surface area (Å²) >= 11 is 0. The van der Waals surface area contributed by atoms with Crippen molar-refractivity contribution in [1.82, 2.24) is 0 Å². The van der Waals surface area contributed by atoms with Crippen LogP contribution in [0.3, 0.4) is 0 Å². The number of methoxy groups -OCH3 is 1. The fraction of sp³-hybridized carbons (Fsp3) is 0.400. The van der Waals surface area contributed by atoms with Crippen molar-refractivity contribution in [2.75, 3.05) is 56.4 Å². The standard InChI is InChI=1S/C50H60N2O22S6/c1-49(21-12-28-75(55,56)57)44(52(24-13-29-76(58,59)60)40-19-17-36-38(47(40)49)30-34(77(61,62)63)32-42(36)79(67,68)69)14-8-5-4-6-9-15-45-50(2,22-25-74-27-26-73-3)48-39-31-35(78(64,65)66)33-43(80(70,71)72)37(39)18-20-41(48)51(45)23-11-7-10-16-46(53)54/h4-6,8-9,14-15,17-20,30-33H,7,10-13,16,21-29H2,1-3H3,(H6-,53,54,55,56,57,58,59,60,61,62,63,64,65,66,67,68,69,70,71,72). The molecule has 6 N–H and O–H groups in total. The summed E-state index contributed by atoms with van der Waals surface area (Å²) in [6, 6.07) is 8.83. The number of benzene rings is 4. The number of allylic oxidation sites excluding steroid dienone is 8. The van der Waals surface area contributed by atoms with Crippen molar-refractivity contribution in [2.24, 2.45) is 0 Å². The van der Waals surface area contributed by atoms with Gasteiger partial charge in [0.25, 0.3) is 50.6 Å². The maximum Gasteiger partial charge on any atom is 0.303 e. The molecule has 0 fully saturated rings. The van der Waals surface area contributed by atoms with Crippen molar-refractivity contribution >= 4 is 105 Å². The van der Waals surface area contributed by atoms with Crippen LogP contribution in [0.15, 0.2) is 116 Å². The van der Waals surface area contributed by atoms with Crippen LogP contribution in [0.2, 0.25) is 0 Å². The minimum Gasteiger partial charge on any atom is -0.744 e. The highest BCUT2D eigenvalue weighted by Gasteiger charge is 2.49. The summed E-state index contributed by atoms with van der Waals surface area (Å²) in [5.41, 5.74) is -0.386. The van der Waals surface area contributed by atoms with Gasteiger partial charge in [0.05, 0.1) is 44.8 Å². The quantitative estimate of drug-likeness (QED) is 0.0165. The van der Waals surface area contributed by atoms with Crippen LogP contribution in [0, 0.1) is 0 Å². The maximum atomic E-state index is 12.7. The Morgan fingerprint density at radius 3 is 1.79 bits per heavy atom. The summed E-state index contributed by atoms with van der Waals surface area (Å²) in [7, 11) is -28.3. The second-order valence-electron chi connectivity index (χ2n) is 19.5. The fourth-order valence-corrected chi connectivity index (χ4v) is 14.1. The van der Waals surface area contributed by atoms with E-state index < -0.39 is 109 Å². The zero-order valence-electron chi connectivity index (χ0n) is 43.3. The molecule has 2 unspecified atom stereocenters. The van der Waals surface area contributed by atoms with E-state index in [1.54, 1.807) is 67.0 Å². The summed E-state index contributed by atoms with van der Waals surface area (Å²) in [5, 5.41) is 8.89. The van der Waals surface area contributed by atoms with E-state index in [9.17, 15) is 87.7 Å². The van der Waals surface area contributed by atoms with Gasteiger partial charge in [-0.05, 0) is 110 Å². The molecule has 438 valence electrons. The molecule has 0 amide bonds. The molecule has 24 nitrogen and oxygen atoms in total. The molecule has 0 aromatic heterocycles. The summed E-state index contributed by atoms with van der Waals surface area (Å²) in [4.78, 5) is 9.71. The molecule has 0 aliphatic carbocycles. The average molecular weight is 1230 g/mol. The van der Waals surface area contributed by atoms with Crippen molar-refractivity contribution in [3.05, 3.63) is 108 Å². The molecule has 6 rings (SSSR count). The first kappa shape index (κ1) is 63.9. The predicted molar refractivity (Wildman–Crippen MR) is 293 cm³/mol. The Kier molecular flexibility index (Phi) is 19.7. The zero-order chi connectivity index (χ0) is 59.4. The third-order valence-corrected chi connectivity index (χ3v) is 18.9. The molecule has 0 spiro atoms. The van der Waals surface area contributed by atoms with Gasteiger partial charge >= 0.3 is 5.97 Å². The number of ether oxygens (including phenoxy) is 2. The number of fused-ring (bicyclic) bond motifs is 6. The smallest absolute Gasteiger partial charge is 0.303 e. The molecule has 0 bridgehead atoms. The average Bonchev–Trinajstić information content (AvgIpc) is 3.71. The number of hydrogen-bond donors (Lipinski definition) is 6. The Morgan fingerprint density at radius 1 is 0.625 bits per heavy atom. The van der Waals surface area contributed by atoms with Crippen LogP contribution in [-0.2, 0) is 85.8 Å². The second kappa shape index (κ2) is 24.6. The molecule has 0 radical (unpaired) electrons. The molecule has 2 atom stereocenters. The molecule has 4 aromatic rings. The summed E-state index contributed by atoms with van der Waals surface area (Å²) < 4.78 is 224. The molecule has 30 heteroatoms. The lowest BCUT2D eigenvalue weighted by Crippen LogP contribution is -2.32. The first-order valence-corrected chi connectivity index (χ1v) is 33.4. The van der Waals surface area contributed by atoms with Gasteiger partial charge in [0, 0.05) is 73.0 Å². The monoisotopic (exact) mass is 1230 g/mol. The second-order valence-corrected chi connectivity index (χ2v) is 28.2. The Labute approximate surface area is 464 Å². The Balaban J connectivity index is 1.50. The number of hydrogen-bond acceptors (Lipinski definition) is 17. The van der Waals surface area contributed by atoms with Crippen molar-refractivity contribution in [3.63, 3.8) is 0 Å². The van der Waals surface area contributed by atoms with Gasteiger partial charge in [-0.3, -0.25) is 27.6 Å². The highest BCUT2D eigenvalue weighted by Crippen LogP contribution is 2.54. The molecule has 0 saturated heterocycles. The van der Waals surface area contributed by atoms with E-state index in [-0.39, 0.29) is 97.8 Å². The molecule has 2 aliphatic rings. The van der Waals surface area contributed by atoms with Crippen molar-refractivity contribution in [2.45, 2.75) is 95.6 Å². The number of rotatable bonds is 28. The van der Waals surface area contributed by atoms with E-state index in [0.29, 0.717) is 54.1 Å². The molecular formula is C50H60N2O22S6. The Morgan fingerprint density at radius 2 is 1.20 bits per heavy atom. The number of aliphatic carboxylic acids is 1. The normalized spacial score (nSPS) is 19.0. The molecule has 2 heterocycles. The SMILES string of the molecule is COCCOCCC1(C)\C(=C/C=C/C=C/C=C/C2=[N+](CCCS(=O)(=O)O)c3ccc4c(S(=O)(=O)O)cc(S(=O)(=O)O)cc4c3C2(C)CCCS(=O)(=O)O)N(CCCCCC(=O)O)c2ccc3c(S(=O)(=O)[O-])cc(S(=O)(=O)O)cc3c21. The van der Waals surface area contributed by atoms with E-state index in [2.05, 4.69) is 0 Å². The lowest BCUT2D eigenvalue weighted by molar-refractivity contribution is -0.437. The third kappa shape index (κ3) is 15.0. The molecular weight excluding hydrogens is 1170 g/mol. The number of carbonyl (C=O) groups is 1. The molecule has 4 aromatic carbocycles. The van der Waals surface area contributed by atoms with Crippen molar-refractivity contribution in [3.8, 4) is 0 Å². The fourth-order valence-electron chi connectivity index (χ4n) is 10.4. The van der Waals surface area contributed by atoms with Crippen LogP contribution in [-0.4, -0.2) is 151 Å². The number of carboxylic acid groups (broad SMARTS) is 1. The van der Waals surface area contributed by atoms with Crippen LogP contribution >= 0.6 is 0 Å². The summed E-state index contributed by atoms with van der Waals surface area (Å²) in [6.45, 7) is 4.04. The van der Waals surface area contributed by atoms with Crippen LogP contribution in [0.5, 0.6) is 0 Å². The zero-order valence-corrected chi connectivity index (χ0v) is 48.2. The van der Waals surface area contributed by atoms with Gasteiger partial charge in [-0.1, -0.05) is 42.9 Å². The lowest BCUT2D eigenvalue weighted by Gasteiger charge is -2.31. The lowest BCUT2D eigenvalue weighted by atomic mass is 9.74. The topological polar surface area (TPSA) is 391 Å². The minimum atomic E-state index is -5.33. The Bertz CT molecular complexity index is 3970. The highest BCUT2D eigenvalue weighted by atomic mass is 32.2. The van der Waals surface area contributed by atoms with Gasteiger partial charge in [0.2, 0.25) is 5.69 Å². The van der Waals surface area contributed by atoms with E-state index in [1.165, 1.54) is 25.3 Å².